The second kappa shape index (κ2) is 5.81. The van der Waals surface area contributed by atoms with Crippen LogP contribution in [0.4, 0.5) is 0 Å². The predicted molar refractivity (Wildman–Crippen MR) is 82.6 cm³/mol. The molecule has 0 N–H and O–H groups in total. The monoisotopic (exact) mass is 369 g/mol. The Morgan fingerprint density at radius 3 is 2.90 bits per heavy atom. The largest absolute Gasteiger partial charge is 0.460 e. The molecule has 6 heteroatoms. The SMILES string of the molecule is CCOC(=O)c1oc(-c2ccc(Cl)cc2Br)nc1C1CC1. The Bertz CT molecular complexity index is 694. The van der Waals surface area contributed by atoms with E-state index >= 15 is 0 Å². The standard InChI is InChI=1S/C15H13BrClNO3/c1-2-20-15(19)13-12(8-3-4-8)18-14(21-13)10-6-5-9(17)7-11(10)16/h5-8H,2-4H2,1H3. The van der Waals surface area contributed by atoms with Gasteiger partial charge in [-0.15, -0.1) is 0 Å². The molecule has 1 aromatic heterocycles. The fourth-order valence-corrected chi connectivity index (χ4v) is 2.94. The first kappa shape index (κ1) is 14.6. The molecule has 110 valence electrons. The molecule has 1 aliphatic rings. The molecule has 0 atom stereocenters. The second-order valence-corrected chi connectivity index (χ2v) is 6.14. The van der Waals surface area contributed by atoms with Crippen LogP contribution >= 0.6 is 27.5 Å². The van der Waals surface area contributed by atoms with E-state index in [2.05, 4.69) is 20.9 Å². The number of hydrogen-bond acceptors (Lipinski definition) is 4. The maximum atomic E-state index is 12.0. The van der Waals surface area contributed by atoms with Gasteiger partial charge in [0.1, 0.15) is 0 Å². The Kier molecular flexibility index (Phi) is 4.04. The van der Waals surface area contributed by atoms with Crippen molar-refractivity contribution in [1.29, 1.82) is 0 Å². The number of benzene rings is 1. The van der Waals surface area contributed by atoms with Crippen LogP contribution in [0, 0.1) is 0 Å². The highest BCUT2D eigenvalue weighted by Gasteiger charge is 2.34. The summed E-state index contributed by atoms with van der Waals surface area (Å²) in [5.41, 5.74) is 1.46. The van der Waals surface area contributed by atoms with Gasteiger partial charge in [0.2, 0.25) is 11.7 Å². The lowest BCUT2D eigenvalue weighted by Gasteiger charge is -2.00. The third kappa shape index (κ3) is 2.99. The van der Waals surface area contributed by atoms with Crippen molar-refractivity contribution in [3.63, 3.8) is 0 Å². The molecule has 21 heavy (non-hydrogen) atoms. The summed E-state index contributed by atoms with van der Waals surface area (Å²) < 4.78 is 11.5. The first-order valence-electron chi connectivity index (χ1n) is 6.73. The Labute approximate surface area is 135 Å². The van der Waals surface area contributed by atoms with Gasteiger partial charge in [0, 0.05) is 15.4 Å². The molecule has 1 aliphatic carbocycles. The summed E-state index contributed by atoms with van der Waals surface area (Å²) in [5, 5.41) is 0.616. The topological polar surface area (TPSA) is 52.3 Å². The Morgan fingerprint density at radius 1 is 1.52 bits per heavy atom. The zero-order chi connectivity index (χ0) is 15.0. The first-order chi connectivity index (χ1) is 10.1. The van der Waals surface area contributed by atoms with Crippen molar-refractivity contribution >= 4 is 33.5 Å². The van der Waals surface area contributed by atoms with Crippen LogP contribution in [0.1, 0.15) is 41.9 Å². The zero-order valence-electron chi connectivity index (χ0n) is 11.4. The van der Waals surface area contributed by atoms with Gasteiger partial charge in [0.25, 0.3) is 0 Å². The number of aromatic nitrogens is 1. The highest BCUT2D eigenvalue weighted by Crippen LogP contribution is 2.43. The average Bonchev–Trinajstić information content (AvgIpc) is 3.19. The van der Waals surface area contributed by atoms with E-state index in [-0.39, 0.29) is 5.76 Å². The minimum Gasteiger partial charge on any atom is -0.460 e. The van der Waals surface area contributed by atoms with E-state index < -0.39 is 5.97 Å². The molecule has 0 radical (unpaired) electrons. The minimum absolute atomic E-state index is 0.219. The van der Waals surface area contributed by atoms with E-state index in [1.807, 2.05) is 6.07 Å². The number of nitrogens with zero attached hydrogens (tertiary/aromatic N) is 1. The maximum Gasteiger partial charge on any atom is 0.376 e. The maximum absolute atomic E-state index is 12.0. The lowest BCUT2D eigenvalue weighted by molar-refractivity contribution is 0.0489. The molecular weight excluding hydrogens is 358 g/mol. The highest BCUT2D eigenvalue weighted by atomic mass is 79.9. The fraction of sp³-hybridized carbons (Fsp3) is 0.333. The van der Waals surface area contributed by atoms with Crippen molar-refractivity contribution in [3.05, 3.63) is 39.1 Å². The van der Waals surface area contributed by atoms with E-state index in [1.54, 1.807) is 19.1 Å². The van der Waals surface area contributed by atoms with Crippen LogP contribution in [-0.2, 0) is 4.74 Å². The predicted octanol–water partition coefficient (Wildman–Crippen LogP) is 4.81. The van der Waals surface area contributed by atoms with Crippen molar-refractivity contribution in [1.82, 2.24) is 4.98 Å². The van der Waals surface area contributed by atoms with Crippen LogP contribution < -0.4 is 0 Å². The number of carbonyl (C=O) groups is 1. The van der Waals surface area contributed by atoms with Gasteiger partial charge >= 0.3 is 5.97 Å². The van der Waals surface area contributed by atoms with Crippen LogP contribution in [0.15, 0.2) is 27.1 Å². The van der Waals surface area contributed by atoms with Gasteiger partial charge in [0.05, 0.1) is 17.9 Å². The normalized spacial score (nSPS) is 14.2. The van der Waals surface area contributed by atoms with Crippen molar-refractivity contribution in [2.45, 2.75) is 25.7 Å². The third-order valence-corrected chi connectivity index (χ3v) is 4.13. The van der Waals surface area contributed by atoms with Gasteiger partial charge < -0.3 is 9.15 Å². The van der Waals surface area contributed by atoms with E-state index in [9.17, 15) is 4.79 Å². The van der Waals surface area contributed by atoms with Crippen molar-refractivity contribution in [2.75, 3.05) is 6.61 Å². The molecule has 1 heterocycles. The second-order valence-electron chi connectivity index (χ2n) is 4.85. The number of ether oxygens (including phenoxy) is 1. The van der Waals surface area contributed by atoms with Gasteiger partial charge in [-0.3, -0.25) is 0 Å². The number of esters is 1. The highest BCUT2D eigenvalue weighted by molar-refractivity contribution is 9.10. The Balaban J connectivity index is 2.03. The molecule has 0 unspecified atom stereocenters. The molecule has 0 bridgehead atoms. The number of hydrogen-bond donors (Lipinski definition) is 0. The summed E-state index contributed by atoms with van der Waals surface area (Å²) in [6.07, 6.45) is 2.06. The van der Waals surface area contributed by atoms with Gasteiger partial charge in [-0.1, -0.05) is 11.6 Å². The molecule has 1 saturated carbocycles. The third-order valence-electron chi connectivity index (χ3n) is 3.24. The molecule has 1 aromatic carbocycles. The van der Waals surface area contributed by atoms with Gasteiger partial charge in [-0.2, -0.15) is 0 Å². The molecule has 0 aliphatic heterocycles. The fourth-order valence-electron chi connectivity index (χ4n) is 2.09. The van der Waals surface area contributed by atoms with Crippen molar-refractivity contribution in [3.8, 4) is 11.5 Å². The van der Waals surface area contributed by atoms with E-state index in [4.69, 9.17) is 20.8 Å². The summed E-state index contributed by atoms with van der Waals surface area (Å²) in [6, 6.07) is 5.33. The molecule has 0 spiro atoms. The summed E-state index contributed by atoms with van der Waals surface area (Å²) in [4.78, 5) is 16.5. The van der Waals surface area contributed by atoms with Crippen LogP contribution in [0.3, 0.4) is 0 Å². The Hall–Kier alpha value is -1.33. The number of oxazole rings is 1. The lowest BCUT2D eigenvalue weighted by atomic mass is 10.2. The average molecular weight is 371 g/mol. The molecule has 1 fully saturated rings. The van der Waals surface area contributed by atoms with Crippen molar-refractivity contribution < 1.29 is 13.9 Å². The van der Waals surface area contributed by atoms with Gasteiger partial charge in [-0.25, -0.2) is 9.78 Å². The van der Waals surface area contributed by atoms with E-state index in [1.165, 1.54) is 0 Å². The summed E-state index contributed by atoms with van der Waals surface area (Å²) in [6.45, 7) is 2.07. The van der Waals surface area contributed by atoms with Crippen LogP contribution in [0.2, 0.25) is 5.02 Å². The van der Waals surface area contributed by atoms with Crippen LogP contribution in [-0.4, -0.2) is 17.6 Å². The molecule has 2 aromatic rings. The summed E-state index contributed by atoms with van der Waals surface area (Å²) in [7, 11) is 0. The van der Waals surface area contributed by atoms with Crippen molar-refractivity contribution in [2.24, 2.45) is 0 Å². The number of carbonyl (C=O) groups excluding carboxylic acids is 1. The minimum atomic E-state index is -0.455. The number of rotatable bonds is 4. The molecule has 0 amide bonds. The zero-order valence-corrected chi connectivity index (χ0v) is 13.7. The van der Waals surface area contributed by atoms with Crippen LogP contribution in [0.5, 0.6) is 0 Å². The van der Waals surface area contributed by atoms with E-state index in [0.717, 1.165) is 22.9 Å². The number of halogens is 2. The quantitative estimate of drug-likeness (QED) is 0.725. The molecule has 0 saturated heterocycles. The summed E-state index contributed by atoms with van der Waals surface area (Å²) in [5.74, 6) is 0.468. The van der Waals surface area contributed by atoms with Gasteiger partial charge in [-0.05, 0) is 53.9 Å². The van der Waals surface area contributed by atoms with Gasteiger partial charge in [0.15, 0.2) is 0 Å². The molecule has 4 nitrogen and oxygen atoms in total. The lowest BCUT2D eigenvalue weighted by Crippen LogP contribution is -2.05. The Morgan fingerprint density at radius 2 is 2.29 bits per heavy atom. The smallest absolute Gasteiger partial charge is 0.376 e. The van der Waals surface area contributed by atoms with Crippen LogP contribution in [0.25, 0.3) is 11.5 Å². The molecular formula is C15H13BrClNO3. The molecule has 3 rings (SSSR count). The first-order valence-corrected chi connectivity index (χ1v) is 7.90. The van der Waals surface area contributed by atoms with E-state index in [0.29, 0.717) is 29.1 Å². The summed E-state index contributed by atoms with van der Waals surface area (Å²) >= 11 is 9.38.